The number of anilines is 1. The van der Waals surface area contributed by atoms with Crippen LogP contribution in [0.4, 0.5) is 5.13 Å². The maximum Gasteiger partial charge on any atom is 0.223 e. The number of hydrogen-bond acceptors (Lipinski definition) is 4. The van der Waals surface area contributed by atoms with E-state index in [9.17, 15) is 4.79 Å². The summed E-state index contributed by atoms with van der Waals surface area (Å²) < 4.78 is 0. The number of hydrogen-bond donors (Lipinski definition) is 1. The minimum atomic E-state index is 0.0890. The maximum absolute atomic E-state index is 13.0. The van der Waals surface area contributed by atoms with E-state index in [1.54, 1.807) is 11.3 Å². The molecule has 3 unspecified atom stereocenters. The van der Waals surface area contributed by atoms with Crippen molar-refractivity contribution >= 4 is 34.0 Å². The standard InChI is InChI=1S/C21H26ClN3OS/c1-13-11-18(13)19(15-3-5-17(22)6-4-15)24-20(26)16-7-9-25(10-8-16)21-23-14(2)12-27-21/h3-6,12-13,16,18-19H,7-11H2,1-2H3,(H,24,26). The van der Waals surface area contributed by atoms with Crippen molar-refractivity contribution in [2.75, 3.05) is 18.0 Å². The molecule has 27 heavy (non-hydrogen) atoms. The van der Waals surface area contributed by atoms with Crippen LogP contribution in [0.5, 0.6) is 0 Å². The van der Waals surface area contributed by atoms with Gasteiger partial charge in [0.25, 0.3) is 0 Å². The molecule has 1 saturated heterocycles. The van der Waals surface area contributed by atoms with Crippen LogP contribution in [-0.2, 0) is 4.79 Å². The van der Waals surface area contributed by atoms with Crippen molar-refractivity contribution in [3.63, 3.8) is 0 Å². The van der Waals surface area contributed by atoms with Crippen LogP contribution in [0.15, 0.2) is 29.6 Å². The largest absolute Gasteiger partial charge is 0.349 e. The van der Waals surface area contributed by atoms with Crippen molar-refractivity contribution in [1.29, 1.82) is 0 Å². The first-order chi connectivity index (χ1) is 13.0. The van der Waals surface area contributed by atoms with Gasteiger partial charge in [0, 0.05) is 29.4 Å². The number of nitrogens with one attached hydrogen (secondary N) is 1. The van der Waals surface area contributed by atoms with Crippen molar-refractivity contribution in [3.8, 4) is 0 Å². The third kappa shape index (κ3) is 4.30. The van der Waals surface area contributed by atoms with Gasteiger partial charge in [-0.1, -0.05) is 30.7 Å². The monoisotopic (exact) mass is 403 g/mol. The van der Waals surface area contributed by atoms with Gasteiger partial charge in [-0.15, -0.1) is 11.3 Å². The number of benzene rings is 1. The molecule has 3 atom stereocenters. The molecule has 1 amide bonds. The lowest BCUT2D eigenvalue weighted by atomic mass is 9.94. The molecule has 0 bridgehead atoms. The summed E-state index contributed by atoms with van der Waals surface area (Å²) in [6.45, 7) is 6.08. The molecular formula is C21H26ClN3OS. The average Bonchev–Trinajstić information content (AvgIpc) is 3.23. The van der Waals surface area contributed by atoms with E-state index in [0.29, 0.717) is 11.8 Å². The van der Waals surface area contributed by atoms with Crippen LogP contribution < -0.4 is 10.2 Å². The number of carbonyl (C=O) groups excluding carboxylic acids is 1. The molecule has 4 nitrogen and oxygen atoms in total. The lowest BCUT2D eigenvalue weighted by Gasteiger charge is -2.32. The molecule has 1 aromatic carbocycles. The summed E-state index contributed by atoms with van der Waals surface area (Å²) in [5.41, 5.74) is 2.23. The van der Waals surface area contributed by atoms with Gasteiger partial charge in [0.15, 0.2) is 5.13 Å². The third-order valence-corrected chi connectivity index (χ3v) is 7.14. The van der Waals surface area contributed by atoms with E-state index >= 15 is 0 Å². The van der Waals surface area contributed by atoms with Gasteiger partial charge >= 0.3 is 0 Å². The summed E-state index contributed by atoms with van der Waals surface area (Å²) in [7, 11) is 0. The second kappa shape index (κ2) is 7.80. The molecular weight excluding hydrogens is 378 g/mol. The Morgan fingerprint density at radius 3 is 2.52 bits per heavy atom. The molecule has 1 aliphatic heterocycles. The van der Waals surface area contributed by atoms with E-state index in [2.05, 4.69) is 27.5 Å². The highest BCUT2D eigenvalue weighted by molar-refractivity contribution is 7.13. The fourth-order valence-corrected chi connectivity index (χ4v) is 5.00. The summed E-state index contributed by atoms with van der Waals surface area (Å²) >= 11 is 7.73. The van der Waals surface area contributed by atoms with Gasteiger partial charge in [-0.3, -0.25) is 4.79 Å². The number of carbonyl (C=O) groups is 1. The zero-order chi connectivity index (χ0) is 19.0. The Labute approximate surface area is 169 Å². The van der Waals surface area contributed by atoms with Gasteiger partial charge < -0.3 is 10.2 Å². The normalized spacial score (nSPS) is 23.9. The predicted molar refractivity (Wildman–Crippen MR) is 111 cm³/mol. The van der Waals surface area contributed by atoms with Gasteiger partial charge in [-0.05, 0) is 55.7 Å². The summed E-state index contributed by atoms with van der Waals surface area (Å²) in [5.74, 6) is 1.49. The Balaban J connectivity index is 1.38. The minimum Gasteiger partial charge on any atom is -0.349 e. The fraction of sp³-hybridized carbons (Fsp3) is 0.524. The maximum atomic E-state index is 13.0. The van der Waals surface area contributed by atoms with Crippen LogP contribution in [-0.4, -0.2) is 24.0 Å². The fourth-order valence-electron chi connectivity index (χ4n) is 4.01. The highest BCUT2D eigenvalue weighted by Crippen LogP contribution is 2.47. The summed E-state index contributed by atoms with van der Waals surface area (Å²) in [4.78, 5) is 19.8. The second-order valence-corrected chi connectivity index (χ2v) is 9.22. The Morgan fingerprint density at radius 2 is 1.96 bits per heavy atom. The van der Waals surface area contributed by atoms with E-state index in [-0.39, 0.29) is 17.9 Å². The zero-order valence-corrected chi connectivity index (χ0v) is 17.4. The van der Waals surface area contributed by atoms with E-state index < -0.39 is 0 Å². The molecule has 1 saturated carbocycles. The van der Waals surface area contributed by atoms with Gasteiger partial charge in [0.1, 0.15) is 0 Å². The van der Waals surface area contributed by atoms with E-state index in [1.807, 2.05) is 31.2 Å². The number of nitrogens with zero attached hydrogens (tertiary/aromatic N) is 2. The first-order valence-corrected chi connectivity index (χ1v) is 11.0. The SMILES string of the molecule is Cc1csc(N2CCC(C(=O)NC(c3ccc(Cl)cc3)C3CC3C)CC2)n1. The Bertz CT molecular complexity index is 798. The van der Waals surface area contributed by atoms with Crippen LogP contribution in [0.2, 0.25) is 5.02 Å². The summed E-state index contributed by atoms with van der Waals surface area (Å²) in [6, 6.07) is 8.02. The van der Waals surface area contributed by atoms with Crippen LogP contribution in [0, 0.1) is 24.7 Å². The van der Waals surface area contributed by atoms with Crippen molar-refractivity contribution < 1.29 is 4.79 Å². The van der Waals surface area contributed by atoms with Crippen molar-refractivity contribution in [3.05, 3.63) is 45.9 Å². The van der Waals surface area contributed by atoms with E-state index in [4.69, 9.17) is 11.6 Å². The van der Waals surface area contributed by atoms with Crippen molar-refractivity contribution in [2.45, 2.75) is 39.2 Å². The predicted octanol–water partition coefficient (Wildman–Crippen LogP) is 4.83. The second-order valence-electron chi connectivity index (χ2n) is 7.95. The molecule has 1 aliphatic carbocycles. The van der Waals surface area contributed by atoms with Gasteiger partial charge in [0.05, 0.1) is 11.7 Å². The van der Waals surface area contributed by atoms with Crippen LogP contribution in [0.25, 0.3) is 0 Å². The lowest BCUT2D eigenvalue weighted by molar-refractivity contribution is -0.126. The minimum absolute atomic E-state index is 0.0890. The van der Waals surface area contributed by atoms with Crippen LogP contribution in [0.3, 0.4) is 0 Å². The first-order valence-electron chi connectivity index (χ1n) is 9.74. The third-order valence-electron chi connectivity index (χ3n) is 5.87. The smallest absolute Gasteiger partial charge is 0.223 e. The molecule has 6 heteroatoms. The molecule has 2 heterocycles. The highest BCUT2D eigenvalue weighted by atomic mass is 35.5. The number of rotatable bonds is 5. The number of halogens is 1. The topological polar surface area (TPSA) is 45.2 Å². The molecule has 1 aromatic heterocycles. The van der Waals surface area contributed by atoms with Crippen LogP contribution >= 0.6 is 22.9 Å². The molecule has 144 valence electrons. The molecule has 4 rings (SSSR count). The first kappa shape index (κ1) is 18.8. The van der Waals surface area contributed by atoms with E-state index in [0.717, 1.165) is 47.3 Å². The molecule has 0 spiro atoms. The Morgan fingerprint density at radius 1 is 1.30 bits per heavy atom. The van der Waals surface area contributed by atoms with Gasteiger partial charge in [-0.2, -0.15) is 0 Å². The quantitative estimate of drug-likeness (QED) is 0.777. The number of aryl methyl sites for hydroxylation is 1. The lowest BCUT2D eigenvalue weighted by Crippen LogP contribution is -2.42. The molecule has 0 radical (unpaired) electrons. The number of aromatic nitrogens is 1. The van der Waals surface area contributed by atoms with Crippen molar-refractivity contribution in [2.24, 2.45) is 17.8 Å². The van der Waals surface area contributed by atoms with Gasteiger partial charge in [-0.25, -0.2) is 4.98 Å². The average molecular weight is 404 g/mol. The summed E-state index contributed by atoms with van der Waals surface area (Å²) in [5, 5.41) is 7.26. The highest BCUT2D eigenvalue weighted by Gasteiger charge is 2.41. The summed E-state index contributed by atoms with van der Waals surface area (Å²) in [6.07, 6.45) is 2.95. The zero-order valence-electron chi connectivity index (χ0n) is 15.8. The Hall–Kier alpha value is -1.59. The van der Waals surface area contributed by atoms with Crippen molar-refractivity contribution in [1.82, 2.24) is 10.3 Å². The van der Waals surface area contributed by atoms with E-state index in [1.165, 1.54) is 6.42 Å². The number of piperidine rings is 1. The number of amides is 1. The molecule has 2 fully saturated rings. The molecule has 1 N–H and O–H groups in total. The van der Waals surface area contributed by atoms with Gasteiger partial charge in [0.2, 0.25) is 5.91 Å². The number of thiazole rings is 1. The molecule has 2 aliphatic rings. The molecule has 2 aromatic rings. The Kier molecular flexibility index (Phi) is 5.42. The van der Waals surface area contributed by atoms with Crippen LogP contribution in [0.1, 0.15) is 43.5 Å².